The molecule has 0 aliphatic heterocycles. The highest BCUT2D eigenvalue weighted by molar-refractivity contribution is 5.87. The standard InChI is InChI=1S/C17H21NO/c1-3-11-19-17-10-9-13-7-5-6-8-15(13)16(17)12-14(18)4-2/h3,5-10,14H,1,4,11-12,18H2,2H3. The summed E-state index contributed by atoms with van der Waals surface area (Å²) in [5.41, 5.74) is 7.32. The summed E-state index contributed by atoms with van der Waals surface area (Å²) in [7, 11) is 0. The van der Waals surface area contributed by atoms with E-state index in [0.717, 1.165) is 18.6 Å². The van der Waals surface area contributed by atoms with E-state index in [-0.39, 0.29) is 6.04 Å². The van der Waals surface area contributed by atoms with Gasteiger partial charge in [0.15, 0.2) is 0 Å². The average Bonchev–Trinajstić information content (AvgIpc) is 2.46. The average molecular weight is 255 g/mol. The van der Waals surface area contributed by atoms with Crippen LogP contribution < -0.4 is 10.5 Å². The monoisotopic (exact) mass is 255 g/mol. The van der Waals surface area contributed by atoms with Crippen LogP contribution in [0, 0.1) is 0 Å². The second-order valence-electron chi connectivity index (χ2n) is 4.74. The summed E-state index contributed by atoms with van der Waals surface area (Å²) in [6.07, 6.45) is 3.56. The molecule has 1 atom stereocenters. The second kappa shape index (κ2) is 6.39. The van der Waals surface area contributed by atoms with Crippen molar-refractivity contribution in [3.8, 4) is 5.75 Å². The molecule has 0 bridgehead atoms. The minimum Gasteiger partial charge on any atom is -0.489 e. The Labute approximate surface area is 114 Å². The topological polar surface area (TPSA) is 35.2 Å². The molecule has 0 heterocycles. The summed E-state index contributed by atoms with van der Waals surface area (Å²) >= 11 is 0. The maximum atomic E-state index is 6.12. The summed E-state index contributed by atoms with van der Waals surface area (Å²) in [6, 6.07) is 12.6. The Kier molecular flexibility index (Phi) is 4.58. The predicted molar refractivity (Wildman–Crippen MR) is 81.6 cm³/mol. The van der Waals surface area contributed by atoms with Crippen molar-refractivity contribution in [2.45, 2.75) is 25.8 Å². The Morgan fingerprint density at radius 1 is 1.26 bits per heavy atom. The first kappa shape index (κ1) is 13.6. The van der Waals surface area contributed by atoms with Crippen LogP contribution in [-0.2, 0) is 6.42 Å². The maximum Gasteiger partial charge on any atom is 0.123 e. The SMILES string of the molecule is C=CCOc1ccc2ccccc2c1CC(N)CC. The van der Waals surface area contributed by atoms with Crippen LogP contribution in [0.1, 0.15) is 18.9 Å². The van der Waals surface area contributed by atoms with E-state index in [9.17, 15) is 0 Å². The van der Waals surface area contributed by atoms with E-state index >= 15 is 0 Å². The molecule has 0 saturated heterocycles. The number of nitrogens with two attached hydrogens (primary N) is 1. The molecule has 0 aromatic heterocycles. The molecule has 2 heteroatoms. The highest BCUT2D eigenvalue weighted by Gasteiger charge is 2.11. The van der Waals surface area contributed by atoms with E-state index in [1.165, 1.54) is 16.3 Å². The molecule has 2 aromatic rings. The van der Waals surface area contributed by atoms with Gasteiger partial charge in [-0.05, 0) is 29.7 Å². The lowest BCUT2D eigenvalue weighted by molar-refractivity contribution is 0.358. The van der Waals surface area contributed by atoms with Crippen molar-refractivity contribution in [1.29, 1.82) is 0 Å². The molecule has 2 rings (SSSR count). The number of ether oxygens (including phenoxy) is 1. The molecule has 1 unspecified atom stereocenters. The van der Waals surface area contributed by atoms with Gasteiger partial charge in [-0.25, -0.2) is 0 Å². The summed E-state index contributed by atoms with van der Waals surface area (Å²) in [4.78, 5) is 0. The number of hydrogen-bond acceptors (Lipinski definition) is 2. The van der Waals surface area contributed by atoms with E-state index in [2.05, 4.69) is 43.8 Å². The van der Waals surface area contributed by atoms with E-state index < -0.39 is 0 Å². The third-order valence-corrected chi connectivity index (χ3v) is 3.34. The number of fused-ring (bicyclic) bond motifs is 1. The zero-order valence-corrected chi connectivity index (χ0v) is 11.4. The van der Waals surface area contributed by atoms with Gasteiger partial charge in [0.1, 0.15) is 12.4 Å². The lowest BCUT2D eigenvalue weighted by Gasteiger charge is -2.16. The zero-order chi connectivity index (χ0) is 13.7. The van der Waals surface area contributed by atoms with Gasteiger partial charge in [-0.1, -0.05) is 49.9 Å². The van der Waals surface area contributed by atoms with Crippen molar-refractivity contribution < 1.29 is 4.74 Å². The summed E-state index contributed by atoms with van der Waals surface area (Å²) in [5, 5.41) is 2.46. The molecule has 19 heavy (non-hydrogen) atoms. The van der Waals surface area contributed by atoms with Gasteiger partial charge < -0.3 is 10.5 Å². The molecular weight excluding hydrogens is 234 g/mol. The van der Waals surface area contributed by atoms with Crippen LogP contribution in [0.5, 0.6) is 5.75 Å². The Morgan fingerprint density at radius 2 is 2.05 bits per heavy atom. The number of rotatable bonds is 6. The Bertz CT molecular complexity index is 562. The van der Waals surface area contributed by atoms with Crippen LogP contribution in [0.15, 0.2) is 49.1 Å². The maximum absolute atomic E-state index is 6.12. The normalized spacial score (nSPS) is 12.3. The summed E-state index contributed by atoms with van der Waals surface area (Å²) in [6.45, 7) is 6.33. The molecule has 0 fully saturated rings. The van der Waals surface area contributed by atoms with Gasteiger partial charge in [0.05, 0.1) is 0 Å². The highest BCUT2D eigenvalue weighted by Crippen LogP contribution is 2.29. The first-order chi connectivity index (χ1) is 9.26. The largest absolute Gasteiger partial charge is 0.489 e. The van der Waals surface area contributed by atoms with Crippen molar-refractivity contribution in [3.63, 3.8) is 0 Å². The van der Waals surface area contributed by atoms with Crippen LogP contribution >= 0.6 is 0 Å². The Balaban J connectivity index is 2.47. The second-order valence-corrected chi connectivity index (χ2v) is 4.74. The van der Waals surface area contributed by atoms with Gasteiger partial charge in [0.2, 0.25) is 0 Å². The van der Waals surface area contributed by atoms with E-state index in [1.807, 2.05) is 6.07 Å². The lowest BCUT2D eigenvalue weighted by atomic mass is 9.97. The predicted octanol–water partition coefficient (Wildman–Crippen LogP) is 3.68. The van der Waals surface area contributed by atoms with Crippen molar-refractivity contribution in [2.24, 2.45) is 5.73 Å². The number of benzene rings is 2. The van der Waals surface area contributed by atoms with Crippen LogP contribution in [0.3, 0.4) is 0 Å². The summed E-state index contributed by atoms with van der Waals surface area (Å²) < 4.78 is 5.77. The van der Waals surface area contributed by atoms with Gasteiger partial charge in [-0.15, -0.1) is 0 Å². The van der Waals surface area contributed by atoms with E-state index in [0.29, 0.717) is 6.61 Å². The van der Waals surface area contributed by atoms with Crippen molar-refractivity contribution in [1.82, 2.24) is 0 Å². The molecular formula is C17H21NO. The molecule has 2 aromatic carbocycles. The van der Waals surface area contributed by atoms with Crippen LogP contribution in [0.25, 0.3) is 10.8 Å². The Hall–Kier alpha value is -1.80. The van der Waals surface area contributed by atoms with Crippen molar-refractivity contribution in [2.75, 3.05) is 6.61 Å². The molecule has 100 valence electrons. The van der Waals surface area contributed by atoms with E-state index in [1.54, 1.807) is 6.08 Å². The fourth-order valence-electron chi connectivity index (χ4n) is 2.22. The fourth-order valence-corrected chi connectivity index (χ4v) is 2.22. The molecule has 2 N–H and O–H groups in total. The fraction of sp³-hybridized carbons (Fsp3) is 0.294. The molecule has 2 nitrogen and oxygen atoms in total. The lowest BCUT2D eigenvalue weighted by Crippen LogP contribution is -2.22. The van der Waals surface area contributed by atoms with E-state index in [4.69, 9.17) is 10.5 Å². The van der Waals surface area contributed by atoms with Crippen molar-refractivity contribution in [3.05, 3.63) is 54.6 Å². The van der Waals surface area contributed by atoms with Gasteiger partial charge in [-0.3, -0.25) is 0 Å². The quantitative estimate of drug-likeness (QED) is 0.799. The minimum absolute atomic E-state index is 0.164. The first-order valence-electron chi connectivity index (χ1n) is 6.76. The van der Waals surface area contributed by atoms with Gasteiger partial charge in [-0.2, -0.15) is 0 Å². The first-order valence-corrected chi connectivity index (χ1v) is 6.76. The minimum atomic E-state index is 0.164. The molecule has 0 aliphatic carbocycles. The van der Waals surface area contributed by atoms with Crippen LogP contribution in [0.2, 0.25) is 0 Å². The van der Waals surface area contributed by atoms with Gasteiger partial charge in [0, 0.05) is 11.6 Å². The molecule has 0 spiro atoms. The van der Waals surface area contributed by atoms with Crippen molar-refractivity contribution >= 4 is 10.8 Å². The third-order valence-electron chi connectivity index (χ3n) is 3.34. The highest BCUT2D eigenvalue weighted by atomic mass is 16.5. The third kappa shape index (κ3) is 3.15. The summed E-state index contributed by atoms with van der Waals surface area (Å²) in [5.74, 6) is 0.919. The smallest absolute Gasteiger partial charge is 0.123 e. The Morgan fingerprint density at radius 3 is 2.79 bits per heavy atom. The molecule has 0 aliphatic rings. The molecule has 0 saturated carbocycles. The molecule has 0 radical (unpaired) electrons. The van der Waals surface area contributed by atoms with Gasteiger partial charge >= 0.3 is 0 Å². The van der Waals surface area contributed by atoms with Crippen LogP contribution in [0.4, 0.5) is 0 Å². The number of hydrogen-bond donors (Lipinski definition) is 1. The van der Waals surface area contributed by atoms with Crippen LogP contribution in [-0.4, -0.2) is 12.6 Å². The zero-order valence-electron chi connectivity index (χ0n) is 11.4. The molecule has 0 amide bonds. The van der Waals surface area contributed by atoms with Gasteiger partial charge in [0.25, 0.3) is 0 Å².